The van der Waals surface area contributed by atoms with Gasteiger partial charge in [-0.2, -0.15) is 0 Å². The number of hydrogen-bond donors (Lipinski definition) is 1. The van der Waals surface area contributed by atoms with Crippen LogP contribution in [0.4, 0.5) is 8.78 Å². The Balaban J connectivity index is 1.54. The summed E-state index contributed by atoms with van der Waals surface area (Å²) in [5, 5.41) is 6.04. The highest BCUT2D eigenvalue weighted by atomic mass is 35.5. The van der Waals surface area contributed by atoms with Crippen LogP contribution in [0.25, 0.3) is 0 Å². The highest BCUT2D eigenvalue weighted by Crippen LogP contribution is 2.56. The van der Waals surface area contributed by atoms with E-state index in [1.54, 1.807) is 11.3 Å². The predicted octanol–water partition coefficient (Wildman–Crippen LogP) is 6.26. The molecule has 0 spiro atoms. The first-order valence-electron chi connectivity index (χ1n) is 11.7. The van der Waals surface area contributed by atoms with E-state index in [2.05, 4.69) is 23.7 Å². The molecule has 2 aromatic carbocycles. The largest absolute Gasteiger partial charge is 0.490 e. The van der Waals surface area contributed by atoms with Gasteiger partial charge < -0.3 is 10.1 Å². The van der Waals surface area contributed by atoms with E-state index in [0.717, 1.165) is 18.6 Å². The smallest absolute Gasteiger partial charge is 0.188 e. The third kappa shape index (κ3) is 4.08. The lowest BCUT2D eigenvalue weighted by Crippen LogP contribution is -2.55. The van der Waals surface area contributed by atoms with E-state index in [1.807, 2.05) is 0 Å². The zero-order valence-corrected chi connectivity index (χ0v) is 21.6. The average molecular weight is 538 g/mol. The summed E-state index contributed by atoms with van der Waals surface area (Å²) in [4.78, 5) is 1.36. The minimum absolute atomic E-state index is 0.00294. The van der Waals surface area contributed by atoms with E-state index >= 15 is 4.39 Å². The second kappa shape index (κ2) is 9.47. The van der Waals surface area contributed by atoms with Crippen molar-refractivity contribution in [3.8, 4) is 5.75 Å². The summed E-state index contributed by atoms with van der Waals surface area (Å²) in [6.07, 6.45) is 2.08. The van der Waals surface area contributed by atoms with Crippen LogP contribution in [-0.2, 0) is 27.5 Å². The lowest BCUT2D eigenvalue weighted by atomic mass is 9.71. The van der Waals surface area contributed by atoms with Crippen LogP contribution in [0.3, 0.4) is 0 Å². The molecule has 5 rings (SSSR count). The zero-order chi connectivity index (χ0) is 24.8. The third-order valence-corrected chi connectivity index (χ3v) is 11.3. The fourth-order valence-electron chi connectivity index (χ4n) is 5.62. The molecule has 1 fully saturated rings. The maximum Gasteiger partial charge on any atom is 0.188 e. The number of aryl methyl sites for hydroxylation is 1. The minimum atomic E-state index is -4.12. The lowest BCUT2D eigenvalue weighted by Gasteiger charge is -2.49. The van der Waals surface area contributed by atoms with Gasteiger partial charge in [-0.05, 0) is 79.1 Å². The average Bonchev–Trinajstić information content (AvgIpc) is 3.32. The third-order valence-electron chi connectivity index (χ3n) is 7.35. The lowest BCUT2D eigenvalue weighted by molar-refractivity contribution is 0.108. The molecule has 0 unspecified atom stereocenters. The molecular formula is C26H26ClF2NO3S2. The number of fused-ring (bicyclic) bond motifs is 3. The molecule has 3 aromatic rings. The molecule has 4 nitrogen and oxygen atoms in total. The summed E-state index contributed by atoms with van der Waals surface area (Å²) in [7, 11) is -4.12. The fourth-order valence-corrected chi connectivity index (χ4v) is 8.96. The molecule has 2 aliphatic rings. The molecule has 0 amide bonds. The van der Waals surface area contributed by atoms with Crippen LogP contribution >= 0.6 is 22.9 Å². The van der Waals surface area contributed by atoms with Gasteiger partial charge in [0, 0.05) is 28.4 Å². The van der Waals surface area contributed by atoms with Gasteiger partial charge in [-0.3, -0.25) is 0 Å². The maximum atomic E-state index is 15.3. The van der Waals surface area contributed by atoms with E-state index < -0.39 is 32.1 Å². The Morgan fingerprint density at radius 2 is 1.89 bits per heavy atom. The van der Waals surface area contributed by atoms with Crippen molar-refractivity contribution in [1.82, 2.24) is 5.32 Å². The first kappa shape index (κ1) is 24.7. The van der Waals surface area contributed by atoms with Gasteiger partial charge in [-0.1, -0.05) is 18.5 Å². The highest BCUT2D eigenvalue weighted by Gasteiger charge is 2.59. The predicted molar refractivity (Wildman–Crippen MR) is 134 cm³/mol. The van der Waals surface area contributed by atoms with Gasteiger partial charge in [0.25, 0.3) is 0 Å². The fraction of sp³-hybridized carbons (Fsp3) is 0.385. The van der Waals surface area contributed by atoms with E-state index in [0.29, 0.717) is 24.4 Å². The molecule has 1 aromatic heterocycles. The van der Waals surface area contributed by atoms with Crippen LogP contribution in [0.1, 0.15) is 42.2 Å². The van der Waals surface area contributed by atoms with Crippen molar-refractivity contribution in [3.63, 3.8) is 0 Å². The van der Waals surface area contributed by atoms with Crippen molar-refractivity contribution in [3.05, 3.63) is 80.5 Å². The van der Waals surface area contributed by atoms with E-state index in [-0.39, 0.29) is 35.3 Å². The molecular weight excluding hydrogens is 512 g/mol. The van der Waals surface area contributed by atoms with Crippen LogP contribution in [0.2, 0.25) is 5.02 Å². The van der Waals surface area contributed by atoms with Gasteiger partial charge in [0.15, 0.2) is 21.4 Å². The number of benzene rings is 2. The Morgan fingerprint density at radius 1 is 1.14 bits per heavy atom. The Morgan fingerprint density at radius 3 is 2.63 bits per heavy atom. The first-order chi connectivity index (χ1) is 16.8. The molecule has 9 heteroatoms. The molecule has 0 radical (unpaired) electrons. The summed E-state index contributed by atoms with van der Waals surface area (Å²) in [6.45, 7) is 2.80. The van der Waals surface area contributed by atoms with Gasteiger partial charge in [0.05, 0.1) is 17.1 Å². The second-order valence-corrected chi connectivity index (χ2v) is 12.8. The molecule has 1 N–H and O–H groups in total. The van der Waals surface area contributed by atoms with Gasteiger partial charge in [0.1, 0.15) is 10.6 Å². The van der Waals surface area contributed by atoms with Gasteiger partial charge in [-0.25, -0.2) is 17.2 Å². The van der Waals surface area contributed by atoms with Crippen molar-refractivity contribution in [1.29, 1.82) is 0 Å². The van der Waals surface area contributed by atoms with Crippen molar-refractivity contribution in [2.24, 2.45) is 5.92 Å². The monoisotopic (exact) mass is 537 g/mol. The van der Waals surface area contributed by atoms with Crippen molar-refractivity contribution in [2.45, 2.75) is 54.8 Å². The summed E-state index contributed by atoms with van der Waals surface area (Å²) in [6, 6.07) is 9.98. The van der Waals surface area contributed by atoms with E-state index in [4.69, 9.17) is 16.3 Å². The number of rotatable bonds is 6. The quantitative estimate of drug-likeness (QED) is 0.403. The van der Waals surface area contributed by atoms with Crippen LogP contribution in [0.5, 0.6) is 5.75 Å². The maximum absolute atomic E-state index is 15.3. The van der Waals surface area contributed by atoms with Crippen LogP contribution in [0.15, 0.2) is 52.7 Å². The molecule has 1 aliphatic heterocycles. The molecule has 0 bridgehead atoms. The Hall–Kier alpha value is -2.00. The summed E-state index contributed by atoms with van der Waals surface area (Å²) >= 11 is 7.72. The highest BCUT2D eigenvalue weighted by molar-refractivity contribution is 7.92. The summed E-state index contributed by atoms with van der Waals surface area (Å²) < 4.78 is 62.6. The second-order valence-electron chi connectivity index (χ2n) is 9.16. The number of sulfone groups is 1. The SMILES string of the molecule is CCc1sccc1CN[C@@H]1CC[C@@]2(S(=O)(=O)c3ccc(Cl)cc3)c3c(F)ccc(F)c3OC[C@H]2C1. The summed E-state index contributed by atoms with van der Waals surface area (Å²) in [5.74, 6) is -2.36. The van der Waals surface area contributed by atoms with Crippen LogP contribution in [0, 0.1) is 17.6 Å². The molecule has 35 heavy (non-hydrogen) atoms. The van der Waals surface area contributed by atoms with Crippen molar-refractivity contribution >= 4 is 32.8 Å². The number of nitrogens with one attached hydrogen (secondary N) is 1. The molecule has 2 heterocycles. The zero-order valence-electron chi connectivity index (χ0n) is 19.2. The van der Waals surface area contributed by atoms with Crippen molar-refractivity contribution < 1.29 is 21.9 Å². The van der Waals surface area contributed by atoms with Crippen LogP contribution in [-0.4, -0.2) is 21.1 Å². The molecule has 3 atom stereocenters. The topological polar surface area (TPSA) is 55.4 Å². The van der Waals surface area contributed by atoms with E-state index in [1.165, 1.54) is 34.7 Å². The van der Waals surface area contributed by atoms with Crippen LogP contribution < -0.4 is 10.1 Å². The standard InChI is InChI=1S/C26H26ClF2NO3S2/c1-2-23-16(10-12-34-23)14-30-19-9-11-26(35(31,32)20-5-3-18(27)4-6-20)17(13-19)15-33-25-22(29)8-7-21(28)24(25)26/h3-8,10,12,17,19,30H,2,9,11,13-15H2,1H3/t17-,19-,26+/m1/s1. The summed E-state index contributed by atoms with van der Waals surface area (Å²) in [5.41, 5.74) is 1.05. The number of thiophene rings is 1. The van der Waals surface area contributed by atoms with Gasteiger partial charge in [-0.15, -0.1) is 11.3 Å². The number of halogens is 3. The molecule has 1 saturated carbocycles. The molecule has 186 valence electrons. The van der Waals surface area contributed by atoms with E-state index in [9.17, 15) is 12.8 Å². The molecule has 1 aliphatic carbocycles. The Bertz CT molecular complexity index is 1340. The minimum Gasteiger partial charge on any atom is -0.490 e. The number of hydrogen-bond acceptors (Lipinski definition) is 5. The normalized spacial score (nSPS) is 23.9. The molecule has 0 saturated heterocycles. The first-order valence-corrected chi connectivity index (χ1v) is 14.4. The Kier molecular flexibility index (Phi) is 6.68. The Labute approximate surface area is 213 Å². The van der Waals surface area contributed by atoms with Crippen molar-refractivity contribution in [2.75, 3.05) is 6.61 Å². The number of ether oxygens (including phenoxy) is 1. The van der Waals surface area contributed by atoms with Gasteiger partial charge in [0.2, 0.25) is 0 Å². The van der Waals surface area contributed by atoms with Gasteiger partial charge >= 0.3 is 0 Å².